The van der Waals surface area contributed by atoms with Gasteiger partial charge in [-0.2, -0.15) is 5.10 Å². The summed E-state index contributed by atoms with van der Waals surface area (Å²) >= 11 is 0. The van der Waals surface area contributed by atoms with Crippen LogP contribution in [0, 0.1) is 13.8 Å². The first kappa shape index (κ1) is 13.1. The topological polar surface area (TPSA) is 83.8 Å². The van der Waals surface area contributed by atoms with E-state index >= 15 is 0 Å². The maximum atomic E-state index is 12.2. The second-order valence-corrected chi connectivity index (χ2v) is 4.69. The van der Waals surface area contributed by atoms with Gasteiger partial charge in [-0.05, 0) is 38.5 Å². The van der Waals surface area contributed by atoms with Crippen molar-refractivity contribution in [2.24, 2.45) is 0 Å². The molecule has 1 unspecified atom stereocenters. The zero-order valence-electron chi connectivity index (χ0n) is 11.3. The van der Waals surface area contributed by atoms with Crippen LogP contribution in [0.2, 0.25) is 0 Å². The fraction of sp³-hybridized carbons (Fsp3) is 0.286. The third kappa shape index (κ3) is 2.76. The van der Waals surface area contributed by atoms with Gasteiger partial charge in [0.05, 0.1) is 23.0 Å². The zero-order chi connectivity index (χ0) is 14.0. The molecule has 0 aliphatic carbocycles. The molecule has 1 heterocycles. The number of carbonyl (C=O) groups is 1. The average molecular weight is 258 g/mol. The van der Waals surface area contributed by atoms with E-state index in [9.17, 15) is 4.79 Å². The molecule has 0 radical (unpaired) electrons. The molecular formula is C14H18N4O. The minimum atomic E-state index is -0.266. The Labute approximate surface area is 112 Å². The summed E-state index contributed by atoms with van der Waals surface area (Å²) in [6.45, 7) is 5.58. The lowest BCUT2D eigenvalue weighted by molar-refractivity contribution is -0.117. The molecule has 0 aliphatic heterocycles. The Morgan fingerprint density at radius 3 is 2.74 bits per heavy atom. The van der Waals surface area contributed by atoms with E-state index in [1.54, 1.807) is 6.07 Å². The standard InChI is InChI=1S/C14H18N4O/c1-8(11-5-4-6-12(15)7-11)14(19)16-13-9(2)17-18-10(13)3/h4-8H,15H2,1-3H3,(H,16,19)(H,17,18). The van der Waals surface area contributed by atoms with E-state index in [-0.39, 0.29) is 11.8 Å². The van der Waals surface area contributed by atoms with Gasteiger partial charge in [0, 0.05) is 5.69 Å². The van der Waals surface area contributed by atoms with Gasteiger partial charge in [-0.3, -0.25) is 9.89 Å². The fourth-order valence-electron chi connectivity index (χ4n) is 1.95. The van der Waals surface area contributed by atoms with Crippen molar-refractivity contribution in [1.29, 1.82) is 0 Å². The van der Waals surface area contributed by atoms with Crippen molar-refractivity contribution in [2.45, 2.75) is 26.7 Å². The summed E-state index contributed by atoms with van der Waals surface area (Å²) in [5.74, 6) is -0.338. The molecule has 1 aromatic heterocycles. The Balaban J connectivity index is 2.16. The van der Waals surface area contributed by atoms with E-state index in [0.717, 1.165) is 22.6 Å². The summed E-state index contributed by atoms with van der Waals surface area (Å²) in [4.78, 5) is 12.2. The number of nitrogens with zero attached hydrogens (tertiary/aromatic N) is 1. The fourth-order valence-corrected chi connectivity index (χ4v) is 1.95. The molecule has 2 aromatic rings. The number of nitrogens with one attached hydrogen (secondary N) is 2. The van der Waals surface area contributed by atoms with Gasteiger partial charge in [0.2, 0.25) is 5.91 Å². The van der Waals surface area contributed by atoms with E-state index < -0.39 is 0 Å². The number of rotatable bonds is 3. The summed E-state index contributed by atoms with van der Waals surface area (Å²) < 4.78 is 0. The first-order chi connectivity index (χ1) is 8.99. The van der Waals surface area contributed by atoms with Crippen LogP contribution < -0.4 is 11.1 Å². The number of aromatic amines is 1. The van der Waals surface area contributed by atoms with Gasteiger partial charge in [0.15, 0.2) is 0 Å². The van der Waals surface area contributed by atoms with Gasteiger partial charge in [0.1, 0.15) is 0 Å². The largest absolute Gasteiger partial charge is 0.399 e. The number of aromatic nitrogens is 2. The van der Waals surface area contributed by atoms with Crippen LogP contribution in [0.3, 0.4) is 0 Å². The molecule has 100 valence electrons. The van der Waals surface area contributed by atoms with Crippen LogP contribution in [0.1, 0.15) is 29.8 Å². The molecule has 1 amide bonds. The molecule has 5 nitrogen and oxygen atoms in total. The molecule has 0 spiro atoms. The SMILES string of the molecule is Cc1n[nH]c(C)c1NC(=O)C(C)c1cccc(N)c1. The third-order valence-electron chi connectivity index (χ3n) is 3.18. The van der Waals surface area contributed by atoms with Crippen LogP contribution in [0.5, 0.6) is 0 Å². The number of nitrogens with two attached hydrogens (primary N) is 1. The Morgan fingerprint density at radius 1 is 1.42 bits per heavy atom. The minimum Gasteiger partial charge on any atom is -0.399 e. The molecule has 0 saturated carbocycles. The highest BCUT2D eigenvalue weighted by Gasteiger charge is 2.18. The molecule has 4 N–H and O–H groups in total. The van der Waals surface area contributed by atoms with Gasteiger partial charge < -0.3 is 11.1 Å². The predicted octanol–water partition coefficient (Wildman–Crippen LogP) is 2.35. The number of carbonyl (C=O) groups excluding carboxylic acids is 1. The third-order valence-corrected chi connectivity index (χ3v) is 3.18. The maximum Gasteiger partial charge on any atom is 0.231 e. The number of amides is 1. The molecule has 0 saturated heterocycles. The molecule has 1 aromatic carbocycles. The second kappa shape index (κ2) is 5.14. The Morgan fingerprint density at radius 2 is 2.16 bits per heavy atom. The first-order valence-electron chi connectivity index (χ1n) is 6.17. The number of hydrogen-bond donors (Lipinski definition) is 3. The normalized spacial score (nSPS) is 12.2. The van der Waals surface area contributed by atoms with E-state index in [1.807, 2.05) is 39.0 Å². The van der Waals surface area contributed by atoms with Crippen LogP contribution in [0.15, 0.2) is 24.3 Å². The van der Waals surface area contributed by atoms with Gasteiger partial charge in [-0.15, -0.1) is 0 Å². The Hall–Kier alpha value is -2.30. The Kier molecular flexibility index (Phi) is 3.55. The number of H-pyrrole nitrogens is 1. The number of aryl methyl sites for hydroxylation is 2. The van der Waals surface area contributed by atoms with Crippen molar-refractivity contribution in [1.82, 2.24) is 10.2 Å². The molecule has 0 fully saturated rings. The number of nitrogen functional groups attached to an aromatic ring is 1. The number of benzene rings is 1. The summed E-state index contributed by atoms with van der Waals surface area (Å²) in [7, 11) is 0. The lowest BCUT2D eigenvalue weighted by atomic mass is 9.99. The van der Waals surface area contributed by atoms with E-state index in [4.69, 9.17) is 5.73 Å². The maximum absolute atomic E-state index is 12.2. The van der Waals surface area contributed by atoms with Crippen LogP contribution in [0.25, 0.3) is 0 Å². The summed E-state index contributed by atoms with van der Waals surface area (Å²) in [6.07, 6.45) is 0. The van der Waals surface area contributed by atoms with Crippen LogP contribution in [-0.2, 0) is 4.79 Å². The summed E-state index contributed by atoms with van der Waals surface area (Å²) in [6, 6.07) is 7.37. The average Bonchev–Trinajstić information content (AvgIpc) is 2.69. The van der Waals surface area contributed by atoms with Crippen molar-refractivity contribution in [2.75, 3.05) is 11.1 Å². The molecular weight excluding hydrogens is 240 g/mol. The molecule has 2 rings (SSSR count). The quantitative estimate of drug-likeness (QED) is 0.739. The predicted molar refractivity (Wildman–Crippen MR) is 76.0 cm³/mol. The van der Waals surface area contributed by atoms with Gasteiger partial charge >= 0.3 is 0 Å². The monoisotopic (exact) mass is 258 g/mol. The number of anilines is 2. The molecule has 0 bridgehead atoms. The van der Waals surface area contributed by atoms with Crippen molar-refractivity contribution in [3.05, 3.63) is 41.2 Å². The van der Waals surface area contributed by atoms with Crippen LogP contribution >= 0.6 is 0 Å². The van der Waals surface area contributed by atoms with Gasteiger partial charge in [-0.1, -0.05) is 12.1 Å². The molecule has 5 heteroatoms. The highest BCUT2D eigenvalue weighted by Crippen LogP contribution is 2.22. The van der Waals surface area contributed by atoms with Gasteiger partial charge in [-0.25, -0.2) is 0 Å². The Bertz CT molecular complexity index is 584. The number of hydrogen-bond acceptors (Lipinski definition) is 3. The molecule has 0 aliphatic rings. The molecule has 19 heavy (non-hydrogen) atoms. The summed E-state index contributed by atoms with van der Waals surface area (Å²) in [5, 5.41) is 9.80. The van der Waals surface area contributed by atoms with Gasteiger partial charge in [0.25, 0.3) is 0 Å². The van der Waals surface area contributed by atoms with E-state index in [1.165, 1.54) is 0 Å². The van der Waals surface area contributed by atoms with Crippen LogP contribution in [0.4, 0.5) is 11.4 Å². The second-order valence-electron chi connectivity index (χ2n) is 4.69. The van der Waals surface area contributed by atoms with Crippen molar-refractivity contribution in [3.63, 3.8) is 0 Å². The lowest BCUT2D eigenvalue weighted by Gasteiger charge is -2.13. The van der Waals surface area contributed by atoms with Crippen molar-refractivity contribution >= 4 is 17.3 Å². The molecule has 1 atom stereocenters. The van der Waals surface area contributed by atoms with Crippen molar-refractivity contribution < 1.29 is 4.79 Å². The highest BCUT2D eigenvalue weighted by atomic mass is 16.1. The first-order valence-corrected chi connectivity index (χ1v) is 6.17. The minimum absolute atomic E-state index is 0.0711. The highest BCUT2D eigenvalue weighted by molar-refractivity contribution is 5.96. The smallest absolute Gasteiger partial charge is 0.231 e. The van der Waals surface area contributed by atoms with Crippen molar-refractivity contribution in [3.8, 4) is 0 Å². The van der Waals surface area contributed by atoms with E-state index in [2.05, 4.69) is 15.5 Å². The van der Waals surface area contributed by atoms with Crippen LogP contribution in [-0.4, -0.2) is 16.1 Å². The van der Waals surface area contributed by atoms with E-state index in [0.29, 0.717) is 5.69 Å². The lowest BCUT2D eigenvalue weighted by Crippen LogP contribution is -2.19. The summed E-state index contributed by atoms with van der Waals surface area (Å²) in [5.41, 5.74) is 9.68. The zero-order valence-corrected chi connectivity index (χ0v) is 11.3.